The maximum Gasteiger partial charge on any atom is 0.289 e. The Hall–Kier alpha value is -1.36. The fourth-order valence-corrected chi connectivity index (χ4v) is 1.27. The number of oxazole rings is 1. The summed E-state index contributed by atoms with van der Waals surface area (Å²) in [7, 11) is 0. The zero-order valence-electron chi connectivity index (χ0n) is 9.20. The summed E-state index contributed by atoms with van der Waals surface area (Å²) in [6.45, 7) is 5.21. The number of nitrogens with one attached hydrogen (secondary N) is 1. The van der Waals surface area contributed by atoms with Crippen molar-refractivity contribution in [3.05, 3.63) is 17.3 Å². The molecular weight excluding hydrogens is 196 g/mol. The summed E-state index contributed by atoms with van der Waals surface area (Å²) in [6, 6.07) is -0.234. The Bertz CT molecular complexity index is 342. The molecule has 15 heavy (non-hydrogen) atoms. The highest BCUT2D eigenvalue weighted by atomic mass is 16.4. The Morgan fingerprint density at radius 1 is 1.60 bits per heavy atom. The first-order chi connectivity index (χ1) is 7.08. The zero-order valence-corrected chi connectivity index (χ0v) is 9.20. The summed E-state index contributed by atoms with van der Waals surface area (Å²) < 4.78 is 5.16. The number of aryl methyl sites for hydroxylation is 2. The molecule has 1 aromatic rings. The first-order valence-electron chi connectivity index (χ1n) is 4.94. The molecule has 0 saturated heterocycles. The van der Waals surface area contributed by atoms with Crippen LogP contribution in [0.4, 0.5) is 0 Å². The highest BCUT2D eigenvalue weighted by Gasteiger charge is 2.18. The van der Waals surface area contributed by atoms with Gasteiger partial charge in [0, 0.05) is 6.92 Å². The van der Waals surface area contributed by atoms with E-state index in [0.29, 0.717) is 18.0 Å². The molecule has 0 fully saturated rings. The van der Waals surface area contributed by atoms with Crippen molar-refractivity contribution in [2.75, 3.05) is 6.61 Å². The molecule has 2 N–H and O–H groups in total. The molecule has 5 nitrogen and oxygen atoms in total. The van der Waals surface area contributed by atoms with Gasteiger partial charge in [-0.15, -0.1) is 0 Å². The van der Waals surface area contributed by atoms with Crippen LogP contribution >= 0.6 is 0 Å². The van der Waals surface area contributed by atoms with Gasteiger partial charge in [-0.3, -0.25) is 4.79 Å². The Morgan fingerprint density at radius 2 is 2.27 bits per heavy atom. The van der Waals surface area contributed by atoms with Crippen LogP contribution in [-0.4, -0.2) is 28.6 Å². The van der Waals surface area contributed by atoms with E-state index in [9.17, 15) is 4.79 Å². The topological polar surface area (TPSA) is 75.4 Å². The summed E-state index contributed by atoms with van der Waals surface area (Å²) >= 11 is 0. The third-order valence-corrected chi connectivity index (χ3v) is 2.16. The molecule has 5 heteroatoms. The Balaban J connectivity index is 2.72. The number of aliphatic hydroxyl groups excluding tert-OH is 1. The summed E-state index contributed by atoms with van der Waals surface area (Å²) in [6.07, 6.45) is 0.675. The lowest BCUT2D eigenvalue weighted by Gasteiger charge is -2.12. The maximum absolute atomic E-state index is 11.7. The molecule has 1 atom stereocenters. The number of carbonyl (C=O) groups excluding carboxylic acids is 1. The average molecular weight is 212 g/mol. The van der Waals surface area contributed by atoms with Crippen LogP contribution in [-0.2, 0) is 0 Å². The van der Waals surface area contributed by atoms with Crippen LogP contribution in [0.15, 0.2) is 4.42 Å². The van der Waals surface area contributed by atoms with Crippen LogP contribution < -0.4 is 5.32 Å². The van der Waals surface area contributed by atoms with E-state index in [0.717, 1.165) is 0 Å². The van der Waals surface area contributed by atoms with Crippen molar-refractivity contribution in [1.29, 1.82) is 0 Å². The highest BCUT2D eigenvalue weighted by molar-refractivity contribution is 5.92. The monoisotopic (exact) mass is 212 g/mol. The van der Waals surface area contributed by atoms with Crippen molar-refractivity contribution in [3.8, 4) is 0 Å². The maximum atomic E-state index is 11.7. The summed E-state index contributed by atoms with van der Waals surface area (Å²) in [5, 5.41) is 11.6. The van der Waals surface area contributed by atoms with Gasteiger partial charge >= 0.3 is 0 Å². The largest absolute Gasteiger partial charge is 0.436 e. The van der Waals surface area contributed by atoms with Gasteiger partial charge < -0.3 is 14.8 Å². The van der Waals surface area contributed by atoms with Crippen molar-refractivity contribution < 1.29 is 14.3 Å². The molecule has 0 bridgehead atoms. The normalized spacial score (nSPS) is 12.5. The van der Waals surface area contributed by atoms with Gasteiger partial charge in [-0.2, -0.15) is 0 Å². The molecule has 0 aliphatic carbocycles. The van der Waals surface area contributed by atoms with Crippen molar-refractivity contribution in [3.63, 3.8) is 0 Å². The third kappa shape index (κ3) is 2.79. The van der Waals surface area contributed by atoms with Crippen LogP contribution in [0, 0.1) is 13.8 Å². The van der Waals surface area contributed by atoms with E-state index < -0.39 is 0 Å². The minimum Gasteiger partial charge on any atom is -0.436 e. The van der Waals surface area contributed by atoms with Gasteiger partial charge in [0.25, 0.3) is 5.91 Å². The second-order valence-corrected chi connectivity index (χ2v) is 3.41. The second kappa shape index (κ2) is 4.93. The third-order valence-electron chi connectivity index (χ3n) is 2.16. The van der Waals surface area contributed by atoms with Crippen LogP contribution in [0.2, 0.25) is 0 Å². The van der Waals surface area contributed by atoms with Gasteiger partial charge in [0.1, 0.15) is 0 Å². The molecule has 1 heterocycles. The second-order valence-electron chi connectivity index (χ2n) is 3.41. The van der Waals surface area contributed by atoms with E-state index in [2.05, 4.69) is 10.3 Å². The zero-order chi connectivity index (χ0) is 11.4. The first kappa shape index (κ1) is 11.7. The molecule has 1 rings (SSSR count). The minimum absolute atomic E-state index is 0.0750. The van der Waals surface area contributed by atoms with E-state index in [4.69, 9.17) is 9.52 Å². The fraction of sp³-hybridized carbons (Fsp3) is 0.600. The smallest absolute Gasteiger partial charge is 0.289 e. The van der Waals surface area contributed by atoms with Crippen LogP contribution in [0.3, 0.4) is 0 Å². The van der Waals surface area contributed by atoms with Crippen LogP contribution in [0.1, 0.15) is 35.5 Å². The lowest BCUT2D eigenvalue weighted by atomic mass is 10.2. The van der Waals surface area contributed by atoms with Crippen molar-refractivity contribution >= 4 is 5.91 Å². The molecule has 0 spiro atoms. The summed E-state index contributed by atoms with van der Waals surface area (Å²) in [5.74, 6) is 0.364. The molecule has 0 saturated carbocycles. The number of aliphatic hydroxyl groups is 1. The molecule has 84 valence electrons. The standard InChI is InChI=1S/C10H16N2O3/c1-4-8(5-13)12-10(14)9-6(2)11-7(3)15-9/h8,13H,4-5H2,1-3H3,(H,12,14)/t8-/m0/s1. The van der Waals surface area contributed by atoms with Crippen LogP contribution in [0.25, 0.3) is 0 Å². The van der Waals surface area contributed by atoms with E-state index in [-0.39, 0.29) is 24.3 Å². The number of hydrogen-bond acceptors (Lipinski definition) is 4. The van der Waals surface area contributed by atoms with Gasteiger partial charge in [-0.05, 0) is 13.3 Å². The molecule has 0 aliphatic heterocycles. The number of nitrogens with zero attached hydrogens (tertiary/aromatic N) is 1. The molecule has 0 radical (unpaired) electrons. The number of carbonyl (C=O) groups is 1. The summed E-state index contributed by atoms with van der Waals surface area (Å²) in [4.78, 5) is 15.7. The predicted octanol–water partition coefficient (Wildman–Crippen LogP) is 0.792. The van der Waals surface area contributed by atoms with Crippen molar-refractivity contribution in [2.45, 2.75) is 33.2 Å². The van der Waals surface area contributed by atoms with Crippen molar-refractivity contribution in [1.82, 2.24) is 10.3 Å². The van der Waals surface area contributed by atoms with Crippen molar-refractivity contribution in [2.24, 2.45) is 0 Å². The number of amides is 1. The van der Waals surface area contributed by atoms with E-state index in [1.165, 1.54) is 0 Å². The molecule has 0 unspecified atom stereocenters. The minimum atomic E-state index is -0.325. The Kier molecular flexibility index (Phi) is 3.85. The van der Waals surface area contributed by atoms with E-state index in [1.807, 2.05) is 6.92 Å². The molecular formula is C10H16N2O3. The van der Waals surface area contributed by atoms with Crippen LogP contribution in [0.5, 0.6) is 0 Å². The Labute approximate surface area is 88.5 Å². The average Bonchev–Trinajstić information content (AvgIpc) is 2.54. The van der Waals surface area contributed by atoms with Gasteiger partial charge in [0.15, 0.2) is 5.89 Å². The SMILES string of the molecule is CC[C@@H](CO)NC(=O)c1oc(C)nc1C. The van der Waals surface area contributed by atoms with Gasteiger partial charge in [0.05, 0.1) is 18.3 Å². The number of aromatic nitrogens is 1. The lowest BCUT2D eigenvalue weighted by molar-refractivity contribution is 0.0884. The molecule has 1 aromatic heterocycles. The molecule has 0 aliphatic rings. The van der Waals surface area contributed by atoms with Gasteiger partial charge in [0.2, 0.25) is 5.76 Å². The Morgan fingerprint density at radius 3 is 2.67 bits per heavy atom. The number of hydrogen-bond donors (Lipinski definition) is 2. The quantitative estimate of drug-likeness (QED) is 0.773. The molecule has 1 amide bonds. The van der Waals surface area contributed by atoms with E-state index >= 15 is 0 Å². The molecule has 0 aromatic carbocycles. The lowest BCUT2D eigenvalue weighted by Crippen LogP contribution is -2.37. The van der Waals surface area contributed by atoms with Gasteiger partial charge in [-0.1, -0.05) is 6.92 Å². The first-order valence-corrected chi connectivity index (χ1v) is 4.94. The number of rotatable bonds is 4. The fourth-order valence-electron chi connectivity index (χ4n) is 1.27. The van der Waals surface area contributed by atoms with Gasteiger partial charge in [-0.25, -0.2) is 4.98 Å². The highest BCUT2D eigenvalue weighted by Crippen LogP contribution is 2.09. The summed E-state index contributed by atoms with van der Waals surface area (Å²) in [5.41, 5.74) is 0.567. The van der Waals surface area contributed by atoms with E-state index in [1.54, 1.807) is 13.8 Å². The predicted molar refractivity (Wildman–Crippen MR) is 54.6 cm³/mol.